The molecule has 0 atom stereocenters. The van der Waals surface area contributed by atoms with Crippen molar-refractivity contribution in [3.05, 3.63) is 41.5 Å². The summed E-state index contributed by atoms with van der Waals surface area (Å²) >= 11 is 0. The summed E-state index contributed by atoms with van der Waals surface area (Å²) in [5.74, 6) is -0.298. The molecular weight excluding hydrogens is 311 g/mol. The molecule has 4 nitrogen and oxygen atoms in total. The number of hydrogen-bond acceptors (Lipinski definition) is 3. The Morgan fingerprint density at radius 3 is 2.30 bits per heavy atom. The number of benzene rings is 1. The monoisotopic (exact) mass is 329 g/mol. The van der Waals surface area contributed by atoms with Crippen LogP contribution in [-0.2, 0) is 11.0 Å². The van der Waals surface area contributed by atoms with E-state index in [0.717, 1.165) is 12.1 Å². The predicted octanol–water partition coefficient (Wildman–Crippen LogP) is 1.92. The minimum absolute atomic E-state index is 0.199. The lowest BCUT2D eigenvalue weighted by Crippen LogP contribution is -2.35. The molecule has 1 aliphatic heterocycles. The van der Waals surface area contributed by atoms with Gasteiger partial charge in [-0.2, -0.15) is 13.2 Å². The fraction of sp³-hybridized carbons (Fsp3) is 0.438. The highest BCUT2D eigenvalue weighted by Gasteiger charge is 2.38. The van der Waals surface area contributed by atoms with Crippen molar-refractivity contribution in [1.82, 2.24) is 4.90 Å². The lowest BCUT2D eigenvalue weighted by Gasteiger charge is -2.23. The molecule has 1 aromatic carbocycles. The van der Waals surface area contributed by atoms with E-state index in [1.54, 1.807) is 0 Å². The van der Waals surface area contributed by atoms with Crippen LogP contribution in [0.4, 0.5) is 13.2 Å². The highest BCUT2D eigenvalue weighted by molar-refractivity contribution is 5.92. The lowest BCUT2D eigenvalue weighted by atomic mass is 9.89. The van der Waals surface area contributed by atoms with Gasteiger partial charge in [0.2, 0.25) is 5.91 Å². The second-order valence-electron chi connectivity index (χ2n) is 5.78. The molecular formula is C16H18F3NO3. The highest BCUT2D eigenvalue weighted by Crippen LogP contribution is 2.30. The second-order valence-corrected chi connectivity index (χ2v) is 5.78. The van der Waals surface area contributed by atoms with E-state index >= 15 is 0 Å². The van der Waals surface area contributed by atoms with Crippen LogP contribution in [0, 0.1) is 5.41 Å². The largest absolute Gasteiger partial charge is 0.416 e. The molecule has 1 aromatic rings. The van der Waals surface area contributed by atoms with E-state index in [1.165, 1.54) is 29.2 Å². The summed E-state index contributed by atoms with van der Waals surface area (Å²) in [5.41, 5.74) is -0.921. The standard InChI is InChI=1S/C16H18F3NO3/c17-16(18,19)13-4-1-12(2-5-13)3-6-14(23)20-8-7-15(9-20,10-21)11-22/h1-6,21-22H,7-11H2. The number of aliphatic hydroxyl groups is 2. The highest BCUT2D eigenvalue weighted by atomic mass is 19.4. The number of amides is 1. The van der Waals surface area contributed by atoms with Gasteiger partial charge in [-0.3, -0.25) is 4.79 Å². The first-order valence-electron chi connectivity index (χ1n) is 7.16. The van der Waals surface area contributed by atoms with Crippen molar-refractivity contribution in [2.24, 2.45) is 5.41 Å². The Morgan fingerprint density at radius 2 is 1.83 bits per heavy atom. The number of halogens is 3. The zero-order valence-electron chi connectivity index (χ0n) is 12.4. The van der Waals surface area contributed by atoms with Crippen molar-refractivity contribution < 1.29 is 28.2 Å². The van der Waals surface area contributed by atoms with Crippen LogP contribution in [0.5, 0.6) is 0 Å². The predicted molar refractivity (Wildman–Crippen MR) is 78.3 cm³/mol. The third-order valence-corrected chi connectivity index (χ3v) is 4.08. The Bertz CT molecular complexity index is 577. The van der Waals surface area contributed by atoms with Crippen LogP contribution in [-0.4, -0.2) is 47.3 Å². The molecule has 1 aliphatic rings. The summed E-state index contributed by atoms with van der Waals surface area (Å²) in [6.45, 7) is 0.291. The molecule has 126 valence electrons. The molecule has 1 saturated heterocycles. The first-order valence-corrected chi connectivity index (χ1v) is 7.16. The molecule has 0 aromatic heterocycles. The van der Waals surface area contributed by atoms with Crippen molar-refractivity contribution >= 4 is 12.0 Å². The quantitative estimate of drug-likeness (QED) is 0.830. The van der Waals surface area contributed by atoms with E-state index in [9.17, 15) is 28.2 Å². The van der Waals surface area contributed by atoms with Crippen LogP contribution >= 0.6 is 0 Å². The van der Waals surface area contributed by atoms with E-state index in [-0.39, 0.29) is 25.7 Å². The van der Waals surface area contributed by atoms with Gasteiger partial charge in [0.15, 0.2) is 0 Å². The number of carbonyl (C=O) groups excluding carboxylic acids is 1. The van der Waals surface area contributed by atoms with Crippen molar-refractivity contribution in [2.75, 3.05) is 26.3 Å². The zero-order chi connectivity index (χ0) is 17.1. The van der Waals surface area contributed by atoms with Gasteiger partial charge in [-0.05, 0) is 30.2 Å². The average molecular weight is 329 g/mol. The van der Waals surface area contributed by atoms with Crippen LogP contribution in [0.1, 0.15) is 17.5 Å². The van der Waals surface area contributed by atoms with Gasteiger partial charge in [-0.1, -0.05) is 12.1 Å². The Kier molecular flexibility index (Phi) is 5.11. The maximum atomic E-state index is 12.5. The van der Waals surface area contributed by atoms with Gasteiger partial charge in [0.25, 0.3) is 0 Å². The van der Waals surface area contributed by atoms with Gasteiger partial charge in [0, 0.05) is 24.6 Å². The van der Waals surface area contributed by atoms with Crippen LogP contribution in [0.2, 0.25) is 0 Å². The third kappa shape index (κ3) is 4.11. The van der Waals surface area contributed by atoms with Gasteiger partial charge in [-0.25, -0.2) is 0 Å². The second kappa shape index (κ2) is 6.72. The summed E-state index contributed by atoms with van der Waals surface area (Å²) in [5, 5.41) is 18.6. The Morgan fingerprint density at radius 1 is 1.22 bits per heavy atom. The molecule has 0 radical (unpaired) electrons. The molecule has 0 aliphatic carbocycles. The van der Waals surface area contributed by atoms with Crippen molar-refractivity contribution in [3.63, 3.8) is 0 Å². The molecule has 0 saturated carbocycles. The molecule has 2 rings (SSSR count). The van der Waals surface area contributed by atoms with E-state index in [4.69, 9.17) is 0 Å². The fourth-order valence-corrected chi connectivity index (χ4v) is 2.49. The number of rotatable bonds is 4. The Labute approximate surface area is 131 Å². The summed E-state index contributed by atoms with van der Waals surface area (Å²) in [6.07, 6.45) is -1.14. The summed E-state index contributed by atoms with van der Waals surface area (Å²) in [4.78, 5) is 13.6. The summed E-state index contributed by atoms with van der Waals surface area (Å²) in [7, 11) is 0. The van der Waals surface area contributed by atoms with Gasteiger partial charge in [0.05, 0.1) is 18.8 Å². The van der Waals surface area contributed by atoms with E-state index in [0.29, 0.717) is 18.5 Å². The first-order chi connectivity index (χ1) is 10.8. The van der Waals surface area contributed by atoms with Crippen LogP contribution in [0.15, 0.2) is 30.3 Å². The van der Waals surface area contributed by atoms with Crippen LogP contribution < -0.4 is 0 Å². The minimum atomic E-state index is -4.38. The third-order valence-electron chi connectivity index (χ3n) is 4.08. The van der Waals surface area contributed by atoms with Crippen LogP contribution in [0.3, 0.4) is 0 Å². The van der Waals surface area contributed by atoms with E-state index < -0.39 is 17.2 Å². The van der Waals surface area contributed by atoms with E-state index in [1.807, 2.05) is 0 Å². The maximum Gasteiger partial charge on any atom is 0.416 e. The van der Waals surface area contributed by atoms with E-state index in [2.05, 4.69) is 0 Å². The topological polar surface area (TPSA) is 60.8 Å². The zero-order valence-corrected chi connectivity index (χ0v) is 12.4. The summed E-state index contributed by atoms with van der Waals surface area (Å²) < 4.78 is 37.4. The average Bonchev–Trinajstić information content (AvgIpc) is 2.97. The first kappa shape index (κ1) is 17.5. The molecule has 1 fully saturated rings. The van der Waals surface area contributed by atoms with Crippen LogP contribution in [0.25, 0.3) is 6.08 Å². The molecule has 2 N–H and O–H groups in total. The number of carbonyl (C=O) groups is 1. The normalized spacial score (nSPS) is 17.9. The number of alkyl halides is 3. The van der Waals surface area contributed by atoms with Crippen molar-refractivity contribution in [2.45, 2.75) is 12.6 Å². The fourth-order valence-electron chi connectivity index (χ4n) is 2.49. The molecule has 0 spiro atoms. The van der Waals surface area contributed by atoms with Crippen molar-refractivity contribution in [1.29, 1.82) is 0 Å². The van der Waals surface area contributed by atoms with Gasteiger partial charge in [-0.15, -0.1) is 0 Å². The maximum absolute atomic E-state index is 12.5. The van der Waals surface area contributed by atoms with Gasteiger partial charge >= 0.3 is 6.18 Å². The molecule has 23 heavy (non-hydrogen) atoms. The molecule has 0 bridgehead atoms. The minimum Gasteiger partial charge on any atom is -0.396 e. The molecule has 7 heteroatoms. The number of hydrogen-bond donors (Lipinski definition) is 2. The van der Waals surface area contributed by atoms with Gasteiger partial charge < -0.3 is 15.1 Å². The molecule has 0 unspecified atom stereocenters. The molecule has 1 heterocycles. The lowest BCUT2D eigenvalue weighted by molar-refractivity contribution is -0.137. The SMILES string of the molecule is O=C(C=Cc1ccc(C(F)(F)F)cc1)N1CCC(CO)(CO)C1. The number of likely N-dealkylation sites (tertiary alicyclic amines) is 1. The van der Waals surface area contributed by atoms with Gasteiger partial charge in [0.1, 0.15) is 0 Å². The molecule has 1 amide bonds. The summed E-state index contributed by atoms with van der Waals surface area (Å²) in [6, 6.07) is 4.51. The van der Waals surface area contributed by atoms with Crippen molar-refractivity contribution in [3.8, 4) is 0 Å². The Balaban J connectivity index is 1.99. The smallest absolute Gasteiger partial charge is 0.396 e. The number of aliphatic hydroxyl groups excluding tert-OH is 2. The number of nitrogens with zero attached hydrogens (tertiary/aromatic N) is 1. The Hall–Kier alpha value is -1.86.